The first kappa shape index (κ1) is 3.15. The molecule has 0 amide bonds. The van der Waals surface area contributed by atoms with Crippen LogP contribution in [0.2, 0.25) is 0 Å². The Labute approximate surface area is 53.2 Å². The number of likely N-dealkylation sites (N-methyl/N-ethyl adjacent to an activating group) is 1. The average Bonchev–Trinajstić information content (AvgIpc) is 1.87. The number of morpholine rings is 1. The van der Waals surface area contributed by atoms with Crippen molar-refractivity contribution >= 4 is 0 Å². The van der Waals surface area contributed by atoms with Crippen LogP contribution in [0.15, 0.2) is 0 Å². The third kappa shape index (κ3) is 1.43. The minimum Gasteiger partial charge on any atom is -0.633 e. The van der Waals surface area contributed by atoms with E-state index in [1.54, 1.807) is 0 Å². The van der Waals surface area contributed by atoms with E-state index >= 15 is 0 Å². The van der Waals surface area contributed by atoms with Crippen molar-refractivity contribution in [3.63, 3.8) is 0 Å². The van der Waals surface area contributed by atoms with Crippen LogP contribution in [0.1, 0.15) is 4.11 Å². The summed E-state index contributed by atoms with van der Waals surface area (Å²) in [6.07, 6.45) is 0. The van der Waals surface area contributed by atoms with E-state index in [0.29, 0.717) is 0 Å². The molecule has 0 N–H and O–H groups in total. The number of quaternary nitrogens is 1. The quantitative estimate of drug-likeness (QED) is 0.332. The molecule has 1 aliphatic heterocycles. The maximum Gasteiger partial charge on any atom is 0.102 e. The summed E-state index contributed by atoms with van der Waals surface area (Å²) in [6.45, 7) is -1.86. The molecule has 3 heteroatoms. The van der Waals surface area contributed by atoms with E-state index in [1.165, 1.54) is 0 Å². The van der Waals surface area contributed by atoms with Gasteiger partial charge in [-0.25, -0.2) is 0 Å². The van der Waals surface area contributed by atoms with E-state index in [1.807, 2.05) is 0 Å². The van der Waals surface area contributed by atoms with Crippen molar-refractivity contribution in [1.82, 2.24) is 0 Å². The molecule has 0 spiro atoms. The number of hydroxylamine groups is 3. The number of nitrogens with zero attached hydrogens (tertiary/aromatic N) is 1. The van der Waals surface area contributed by atoms with Crippen molar-refractivity contribution in [2.24, 2.45) is 0 Å². The molecule has 0 atom stereocenters. The van der Waals surface area contributed by atoms with Gasteiger partial charge in [-0.2, -0.15) is 0 Å². The van der Waals surface area contributed by atoms with Crippen molar-refractivity contribution in [3.8, 4) is 0 Å². The Bertz CT molecular complexity index is 141. The van der Waals surface area contributed by atoms with Crippen molar-refractivity contribution in [2.75, 3.05) is 33.3 Å². The van der Waals surface area contributed by atoms with Crippen molar-refractivity contribution < 1.29 is 13.5 Å². The van der Waals surface area contributed by atoms with Gasteiger partial charge in [0.25, 0.3) is 0 Å². The molecule has 1 fully saturated rings. The molecular formula is C5H11NO2. The molecule has 1 aliphatic rings. The summed E-state index contributed by atoms with van der Waals surface area (Å²) >= 11 is 0. The molecule has 0 unspecified atom stereocenters. The molecule has 1 saturated heterocycles. The molecule has 0 aromatic carbocycles. The highest BCUT2D eigenvalue weighted by Gasteiger charge is 2.13. The topological polar surface area (TPSA) is 32.3 Å². The van der Waals surface area contributed by atoms with E-state index < -0.39 is 11.6 Å². The second-order valence-electron chi connectivity index (χ2n) is 1.95. The Morgan fingerprint density at radius 3 is 2.62 bits per heavy atom. The predicted molar refractivity (Wildman–Crippen MR) is 30.1 cm³/mol. The van der Waals surface area contributed by atoms with Crippen LogP contribution in [0.3, 0.4) is 0 Å². The summed E-state index contributed by atoms with van der Waals surface area (Å²) in [5.74, 6) is 0. The van der Waals surface area contributed by atoms with Gasteiger partial charge in [-0.15, -0.1) is 0 Å². The van der Waals surface area contributed by atoms with E-state index in [2.05, 4.69) is 0 Å². The maximum absolute atomic E-state index is 11.4. The summed E-state index contributed by atoms with van der Waals surface area (Å²) in [4.78, 5) is 0. The Morgan fingerprint density at radius 1 is 1.62 bits per heavy atom. The van der Waals surface area contributed by atoms with Gasteiger partial charge < -0.3 is 14.6 Å². The molecule has 0 bridgehead atoms. The van der Waals surface area contributed by atoms with Crippen molar-refractivity contribution in [1.29, 1.82) is 0 Å². The third-order valence-electron chi connectivity index (χ3n) is 1.19. The number of hydrogen-bond acceptors (Lipinski definition) is 2. The number of rotatable bonds is 0. The molecule has 0 aromatic heterocycles. The molecule has 1 heterocycles. The fourth-order valence-corrected chi connectivity index (χ4v) is 0.638. The summed E-state index contributed by atoms with van der Waals surface area (Å²) in [5, 5.41) is 11.4. The van der Waals surface area contributed by atoms with E-state index in [0.717, 1.165) is 0 Å². The first-order chi connectivity index (χ1) is 4.96. The standard InChI is InChI=1S/C5H11NO2/c1-6(7)2-4-8-5-3-6/h2-5H2,1H3/i1D3. The lowest BCUT2D eigenvalue weighted by atomic mass is 10.4. The lowest BCUT2D eigenvalue weighted by Crippen LogP contribution is -2.46. The highest BCUT2D eigenvalue weighted by molar-refractivity contribution is 4.44. The largest absolute Gasteiger partial charge is 0.633 e. The second-order valence-corrected chi connectivity index (χ2v) is 1.95. The van der Waals surface area contributed by atoms with Gasteiger partial charge in [0, 0.05) is 0 Å². The molecule has 1 rings (SSSR count). The zero-order valence-electron chi connectivity index (χ0n) is 7.59. The van der Waals surface area contributed by atoms with Crippen LogP contribution in [-0.2, 0) is 4.74 Å². The first-order valence-electron chi connectivity index (χ1n) is 4.12. The molecule has 0 aliphatic carbocycles. The van der Waals surface area contributed by atoms with Crippen LogP contribution < -0.4 is 0 Å². The third-order valence-corrected chi connectivity index (χ3v) is 1.19. The lowest BCUT2D eigenvalue weighted by Gasteiger charge is -2.41. The molecule has 48 valence electrons. The summed E-state index contributed by atoms with van der Waals surface area (Å²) in [7, 11) is 0. The van der Waals surface area contributed by atoms with Gasteiger partial charge in [0.05, 0.1) is 24.3 Å². The molecule has 8 heavy (non-hydrogen) atoms. The SMILES string of the molecule is [2H]C([2H])([2H])[N+]1([O-])CCOCC1. The van der Waals surface area contributed by atoms with Gasteiger partial charge in [0.1, 0.15) is 13.1 Å². The Balaban J connectivity index is 2.64. The fraction of sp³-hybridized carbons (Fsp3) is 1.00. The van der Waals surface area contributed by atoms with Crippen LogP contribution in [0.4, 0.5) is 0 Å². The number of ether oxygens (including phenoxy) is 1. The van der Waals surface area contributed by atoms with Gasteiger partial charge in [-0.05, 0) is 0 Å². The highest BCUT2D eigenvalue weighted by Crippen LogP contribution is 2.02. The zero-order valence-corrected chi connectivity index (χ0v) is 4.59. The van der Waals surface area contributed by atoms with E-state index in [4.69, 9.17) is 8.85 Å². The highest BCUT2D eigenvalue weighted by atomic mass is 16.6. The minimum absolute atomic E-state index is 0.0382. The van der Waals surface area contributed by atoms with E-state index in [9.17, 15) is 5.21 Å². The zero-order chi connectivity index (χ0) is 8.54. The molecular weight excluding hydrogens is 106 g/mol. The van der Waals surface area contributed by atoms with Crippen molar-refractivity contribution in [2.45, 2.75) is 0 Å². The predicted octanol–water partition coefficient (Wildman–Crippen LogP) is -0.0390. The molecule has 0 aromatic rings. The molecule has 0 radical (unpaired) electrons. The second kappa shape index (κ2) is 2.01. The van der Waals surface area contributed by atoms with Crippen LogP contribution in [0.25, 0.3) is 0 Å². The maximum atomic E-state index is 11.4. The Morgan fingerprint density at radius 2 is 2.25 bits per heavy atom. The van der Waals surface area contributed by atoms with Crippen LogP contribution in [0, 0.1) is 5.21 Å². The van der Waals surface area contributed by atoms with E-state index in [-0.39, 0.29) is 26.3 Å². The first-order valence-corrected chi connectivity index (χ1v) is 2.62. The Hall–Kier alpha value is -0.120. The smallest absolute Gasteiger partial charge is 0.102 e. The normalized spacial score (nSPS) is 34.9. The van der Waals surface area contributed by atoms with Crippen LogP contribution >= 0.6 is 0 Å². The Kier molecular flexibility index (Phi) is 0.791. The summed E-state index contributed by atoms with van der Waals surface area (Å²) in [6, 6.07) is 0. The average molecular weight is 120 g/mol. The van der Waals surface area contributed by atoms with Crippen LogP contribution in [0.5, 0.6) is 0 Å². The van der Waals surface area contributed by atoms with Gasteiger partial charge >= 0.3 is 0 Å². The van der Waals surface area contributed by atoms with Gasteiger partial charge in [0.15, 0.2) is 0 Å². The number of hydrogen-bond donors (Lipinski definition) is 0. The molecule has 0 saturated carbocycles. The fourth-order valence-electron chi connectivity index (χ4n) is 0.638. The van der Waals surface area contributed by atoms with Crippen LogP contribution in [-0.4, -0.2) is 37.9 Å². The summed E-state index contributed by atoms with van der Waals surface area (Å²) in [5.41, 5.74) is 0. The monoisotopic (exact) mass is 120 g/mol. The summed E-state index contributed by atoms with van der Waals surface area (Å²) < 4.78 is 24.7. The van der Waals surface area contributed by atoms with Gasteiger partial charge in [-0.1, -0.05) is 0 Å². The van der Waals surface area contributed by atoms with Crippen molar-refractivity contribution in [3.05, 3.63) is 5.21 Å². The van der Waals surface area contributed by atoms with Gasteiger partial charge in [-0.3, -0.25) is 0 Å². The molecule has 3 nitrogen and oxygen atoms in total. The lowest BCUT2D eigenvalue weighted by molar-refractivity contribution is -0.869. The minimum atomic E-state index is -2.44. The van der Waals surface area contributed by atoms with Gasteiger partial charge in [0.2, 0.25) is 0 Å².